The van der Waals surface area contributed by atoms with Crippen molar-refractivity contribution in [3.8, 4) is 6.07 Å². The Labute approximate surface area is 124 Å². The molecule has 110 valence electrons. The van der Waals surface area contributed by atoms with Gasteiger partial charge in [-0.1, -0.05) is 0 Å². The highest BCUT2D eigenvalue weighted by atomic mass is 19.1. The van der Waals surface area contributed by atoms with Crippen molar-refractivity contribution >= 4 is 0 Å². The van der Waals surface area contributed by atoms with E-state index in [1.165, 1.54) is 18.2 Å². The van der Waals surface area contributed by atoms with Crippen molar-refractivity contribution in [2.24, 2.45) is 5.73 Å². The summed E-state index contributed by atoms with van der Waals surface area (Å²) in [4.78, 5) is 0. The summed E-state index contributed by atoms with van der Waals surface area (Å²) in [6.07, 6.45) is 0.756. The summed E-state index contributed by atoms with van der Waals surface area (Å²) in [6, 6.07) is 6.33. The van der Waals surface area contributed by atoms with Crippen LogP contribution in [0.3, 0.4) is 0 Å². The maximum absolute atomic E-state index is 13.4. The van der Waals surface area contributed by atoms with Crippen molar-refractivity contribution in [1.82, 2.24) is 9.78 Å². The Balaban J connectivity index is 2.37. The summed E-state index contributed by atoms with van der Waals surface area (Å²) in [7, 11) is 0. The Hall–Kier alpha value is -2.19. The molecule has 1 aromatic carbocycles. The lowest BCUT2D eigenvalue weighted by Gasteiger charge is -2.08. The van der Waals surface area contributed by atoms with Gasteiger partial charge in [-0.2, -0.15) is 10.4 Å². The van der Waals surface area contributed by atoms with E-state index >= 15 is 0 Å². The fourth-order valence-corrected chi connectivity index (χ4v) is 2.47. The summed E-state index contributed by atoms with van der Waals surface area (Å²) in [6.45, 7) is 6.25. The molecule has 21 heavy (non-hydrogen) atoms. The average molecular weight is 286 g/mol. The van der Waals surface area contributed by atoms with Crippen LogP contribution >= 0.6 is 0 Å². The number of rotatable bonds is 4. The lowest BCUT2D eigenvalue weighted by atomic mass is 10.1. The molecule has 0 aliphatic rings. The third-order valence-electron chi connectivity index (χ3n) is 3.57. The maximum Gasteiger partial charge on any atom is 0.123 e. The number of halogens is 1. The molecule has 1 unspecified atom stereocenters. The van der Waals surface area contributed by atoms with Crippen molar-refractivity contribution < 1.29 is 4.39 Å². The van der Waals surface area contributed by atoms with Crippen LogP contribution in [0.4, 0.5) is 4.39 Å². The van der Waals surface area contributed by atoms with Gasteiger partial charge in [0, 0.05) is 11.7 Å². The predicted octanol–water partition coefficient (Wildman–Crippen LogP) is 2.45. The highest BCUT2D eigenvalue weighted by Gasteiger charge is 2.14. The fraction of sp³-hybridized carbons (Fsp3) is 0.375. The summed E-state index contributed by atoms with van der Waals surface area (Å²) in [5.74, 6) is -0.346. The van der Waals surface area contributed by atoms with Gasteiger partial charge >= 0.3 is 0 Å². The predicted molar refractivity (Wildman–Crippen MR) is 79.3 cm³/mol. The third-order valence-corrected chi connectivity index (χ3v) is 3.57. The minimum absolute atomic E-state index is 0.0592. The lowest BCUT2D eigenvalue weighted by molar-refractivity contribution is 0.614. The standard InChI is InChI=1S/C16H19FN4/c1-10(19)6-16-11(2)20-21(12(16)3)9-14-7-15(17)5-4-13(14)8-18/h4-5,7,10H,6,9,19H2,1-3H3. The third kappa shape index (κ3) is 3.29. The first-order valence-corrected chi connectivity index (χ1v) is 6.89. The number of aromatic nitrogens is 2. The van der Waals surface area contributed by atoms with Crippen LogP contribution in [-0.2, 0) is 13.0 Å². The number of hydrogen-bond donors (Lipinski definition) is 1. The van der Waals surface area contributed by atoms with Crippen molar-refractivity contribution in [2.75, 3.05) is 0 Å². The zero-order chi connectivity index (χ0) is 15.6. The number of nitrogens with two attached hydrogens (primary N) is 1. The van der Waals surface area contributed by atoms with Gasteiger partial charge in [0.25, 0.3) is 0 Å². The molecular formula is C16H19FN4. The Kier molecular flexibility index (Phi) is 4.39. The van der Waals surface area contributed by atoms with Crippen LogP contribution < -0.4 is 5.73 Å². The molecule has 2 aromatic rings. The molecule has 0 saturated heterocycles. The first kappa shape index (κ1) is 15.2. The monoisotopic (exact) mass is 286 g/mol. The molecule has 0 aliphatic heterocycles. The second kappa shape index (κ2) is 6.06. The number of benzene rings is 1. The number of hydrogen-bond acceptors (Lipinski definition) is 3. The van der Waals surface area contributed by atoms with Crippen LogP contribution in [0.25, 0.3) is 0 Å². The first-order chi connectivity index (χ1) is 9.92. The number of nitriles is 1. The van der Waals surface area contributed by atoms with Crippen LogP contribution in [-0.4, -0.2) is 15.8 Å². The van der Waals surface area contributed by atoms with Gasteiger partial charge in [0.1, 0.15) is 5.82 Å². The molecule has 1 aromatic heterocycles. The molecule has 2 rings (SSSR count). The quantitative estimate of drug-likeness (QED) is 0.938. The molecular weight excluding hydrogens is 267 g/mol. The van der Waals surface area contributed by atoms with E-state index in [2.05, 4.69) is 11.2 Å². The SMILES string of the molecule is Cc1nn(Cc2cc(F)ccc2C#N)c(C)c1CC(C)N. The van der Waals surface area contributed by atoms with E-state index in [0.717, 1.165) is 23.4 Å². The van der Waals surface area contributed by atoms with Crippen molar-refractivity contribution in [1.29, 1.82) is 5.26 Å². The molecule has 4 nitrogen and oxygen atoms in total. The highest BCUT2D eigenvalue weighted by molar-refractivity contribution is 5.38. The molecule has 0 bridgehead atoms. The smallest absolute Gasteiger partial charge is 0.123 e. The van der Waals surface area contributed by atoms with Crippen LogP contribution in [0.2, 0.25) is 0 Å². The Morgan fingerprint density at radius 1 is 1.43 bits per heavy atom. The van der Waals surface area contributed by atoms with E-state index in [1.807, 2.05) is 25.5 Å². The zero-order valence-electron chi connectivity index (χ0n) is 12.5. The second-order valence-electron chi connectivity index (χ2n) is 5.40. The lowest BCUT2D eigenvalue weighted by Crippen LogP contribution is -2.18. The topological polar surface area (TPSA) is 67.6 Å². The fourth-order valence-electron chi connectivity index (χ4n) is 2.47. The van der Waals surface area contributed by atoms with E-state index < -0.39 is 0 Å². The van der Waals surface area contributed by atoms with E-state index in [9.17, 15) is 4.39 Å². The molecule has 0 amide bonds. The van der Waals surface area contributed by atoms with E-state index in [-0.39, 0.29) is 11.9 Å². The minimum atomic E-state index is -0.346. The molecule has 1 heterocycles. The zero-order valence-corrected chi connectivity index (χ0v) is 12.5. The van der Waals surface area contributed by atoms with E-state index in [4.69, 9.17) is 11.0 Å². The molecule has 0 fully saturated rings. The first-order valence-electron chi connectivity index (χ1n) is 6.89. The maximum atomic E-state index is 13.4. The molecule has 0 radical (unpaired) electrons. The summed E-state index contributed by atoms with van der Waals surface area (Å²) < 4.78 is 15.2. The largest absolute Gasteiger partial charge is 0.328 e. The van der Waals surface area contributed by atoms with Crippen molar-refractivity contribution in [2.45, 2.75) is 39.8 Å². The van der Waals surface area contributed by atoms with Gasteiger partial charge in [0.15, 0.2) is 0 Å². The van der Waals surface area contributed by atoms with Gasteiger partial charge in [-0.25, -0.2) is 4.39 Å². The van der Waals surface area contributed by atoms with Gasteiger partial charge in [0.2, 0.25) is 0 Å². The van der Waals surface area contributed by atoms with Crippen LogP contribution in [0.15, 0.2) is 18.2 Å². The normalized spacial score (nSPS) is 12.2. The summed E-state index contributed by atoms with van der Waals surface area (Å²) >= 11 is 0. The van der Waals surface area contributed by atoms with Crippen LogP contribution in [0.1, 0.15) is 35.0 Å². The summed E-state index contributed by atoms with van der Waals surface area (Å²) in [5, 5.41) is 13.6. The average Bonchev–Trinajstić information content (AvgIpc) is 2.66. The molecule has 1 atom stereocenters. The van der Waals surface area contributed by atoms with Gasteiger partial charge < -0.3 is 5.73 Å². The van der Waals surface area contributed by atoms with E-state index in [0.29, 0.717) is 17.7 Å². The molecule has 2 N–H and O–H groups in total. The number of nitrogens with zero attached hydrogens (tertiary/aromatic N) is 3. The highest BCUT2D eigenvalue weighted by Crippen LogP contribution is 2.18. The Morgan fingerprint density at radius 2 is 2.14 bits per heavy atom. The molecule has 0 saturated carbocycles. The van der Waals surface area contributed by atoms with Crippen LogP contribution in [0.5, 0.6) is 0 Å². The van der Waals surface area contributed by atoms with Gasteiger partial charge in [0.05, 0.1) is 23.9 Å². The Morgan fingerprint density at radius 3 is 2.76 bits per heavy atom. The van der Waals surface area contributed by atoms with Gasteiger partial charge in [-0.3, -0.25) is 4.68 Å². The van der Waals surface area contributed by atoms with Crippen molar-refractivity contribution in [3.63, 3.8) is 0 Å². The van der Waals surface area contributed by atoms with Gasteiger partial charge in [-0.05, 0) is 56.5 Å². The molecule has 5 heteroatoms. The number of aryl methyl sites for hydroxylation is 1. The van der Waals surface area contributed by atoms with Crippen molar-refractivity contribution in [3.05, 3.63) is 52.1 Å². The van der Waals surface area contributed by atoms with E-state index in [1.54, 1.807) is 0 Å². The molecule has 0 aliphatic carbocycles. The Bertz CT molecular complexity index is 695. The second-order valence-corrected chi connectivity index (χ2v) is 5.40. The van der Waals surface area contributed by atoms with Gasteiger partial charge in [-0.15, -0.1) is 0 Å². The molecule has 0 spiro atoms. The summed E-state index contributed by atoms with van der Waals surface area (Å²) in [5.41, 5.74) is 10.0. The van der Waals surface area contributed by atoms with Crippen LogP contribution in [0, 0.1) is 31.0 Å². The minimum Gasteiger partial charge on any atom is -0.328 e.